The van der Waals surface area contributed by atoms with Gasteiger partial charge >= 0.3 is 0 Å². The van der Waals surface area contributed by atoms with E-state index in [-0.39, 0.29) is 6.10 Å². The summed E-state index contributed by atoms with van der Waals surface area (Å²) < 4.78 is 1.16. The SMILES string of the molecule is C=CCCC(CCCCCCC)CCC(O)CC[N+]1(CC=C)CCCCC1. The first-order valence-electron chi connectivity index (χ1n) is 11.9. The zero-order valence-corrected chi connectivity index (χ0v) is 18.3. The Balaban J connectivity index is 2.32. The molecule has 158 valence electrons. The fraction of sp³-hybridized carbons (Fsp3) is 0.840. The van der Waals surface area contributed by atoms with Gasteiger partial charge in [0.1, 0.15) is 0 Å². The minimum Gasteiger partial charge on any atom is -0.393 e. The summed E-state index contributed by atoms with van der Waals surface area (Å²) in [5.74, 6) is 0.769. The number of hydrogen-bond donors (Lipinski definition) is 1. The average molecular weight is 379 g/mol. The molecule has 0 aromatic rings. The van der Waals surface area contributed by atoms with Gasteiger partial charge in [-0.3, -0.25) is 0 Å². The molecule has 0 saturated carbocycles. The number of allylic oxidation sites excluding steroid dienone is 1. The number of quaternary nitrogens is 1. The summed E-state index contributed by atoms with van der Waals surface area (Å²) >= 11 is 0. The van der Waals surface area contributed by atoms with Crippen LogP contribution in [0.15, 0.2) is 25.3 Å². The Morgan fingerprint density at radius 3 is 2.26 bits per heavy atom. The first-order chi connectivity index (χ1) is 13.2. The monoisotopic (exact) mass is 378 g/mol. The van der Waals surface area contributed by atoms with Crippen LogP contribution in [0.3, 0.4) is 0 Å². The van der Waals surface area contributed by atoms with Crippen molar-refractivity contribution in [2.75, 3.05) is 26.2 Å². The molecule has 1 aliphatic rings. The van der Waals surface area contributed by atoms with Gasteiger partial charge in [-0.25, -0.2) is 0 Å². The molecule has 1 heterocycles. The third kappa shape index (κ3) is 11.1. The summed E-state index contributed by atoms with van der Waals surface area (Å²) in [4.78, 5) is 0. The number of likely N-dealkylation sites (tertiary alicyclic amines) is 1. The summed E-state index contributed by atoms with van der Waals surface area (Å²) in [5.41, 5.74) is 0. The molecule has 2 nitrogen and oxygen atoms in total. The highest BCUT2D eigenvalue weighted by Crippen LogP contribution is 2.25. The summed E-state index contributed by atoms with van der Waals surface area (Å²) in [7, 11) is 0. The molecule has 2 unspecified atom stereocenters. The molecule has 1 aliphatic heterocycles. The number of hydrogen-bond acceptors (Lipinski definition) is 1. The average Bonchev–Trinajstić information content (AvgIpc) is 2.68. The van der Waals surface area contributed by atoms with Gasteiger partial charge in [0, 0.05) is 6.42 Å². The largest absolute Gasteiger partial charge is 0.393 e. The van der Waals surface area contributed by atoms with Crippen molar-refractivity contribution in [2.24, 2.45) is 5.92 Å². The van der Waals surface area contributed by atoms with Crippen LogP contribution in [0.25, 0.3) is 0 Å². The Morgan fingerprint density at radius 2 is 1.59 bits per heavy atom. The molecule has 2 atom stereocenters. The van der Waals surface area contributed by atoms with Gasteiger partial charge in [-0.05, 0) is 56.9 Å². The van der Waals surface area contributed by atoms with E-state index in [1.165, 1.54) is 83.7 Å². The molecule has 27 heavy (non-hydrogen) atoms. The molecular weight excluding hydrogens is 330 g/mol. The topological polar surface area (TPSA) is 20.2 Å². The lowest BCUT2D eigenvalue weighted by molar-refractivity contribution is -0.927. The van der Waals surface area contributed by atoms with E-state index in [2.05, 4.69) is 32.2 Å². The molecule has 0 radical (unpaired) electrons. The van der Waals surface area contributed by atoms with Crippen molar-refractivity contribution in [1.29, 1.82) is 0 Å². The Morgan fingerprint density at radius 1 is 0.852 bits per heavy atom. The van der Waals surface area contributed by atoms with Crippen LogP contribution in [-0.4, -0.2) is 41.9 Å². The number of aliphatic hydroxyl groups excluding tert-OH is 1. The van der Waals surface area contributed by atoms with Crippen molar-refractivity contribution >= 4 is 0 Å². The van der Waals surface area contributed by atoms with E-state index in [9.17, 15) is 5.11 Å². The zero-order valence-electron chi connectivity index (χ0n) is 18.3. The minimum absolute atomic E-state index is 0.127. The number of aliphatic hydroxyl groups is 1. The van der Waals surface area contributed by atoms with Crippen LogP contribution in [0.4, 0.5) is 0 Å². The maximum Gasteiger partial charge on any atom is 0.0971 e. The van der Waals surface area contributed by atoms with Gasteiger partial charge in [0.25, 0.3) is 0 Å². The van der Waals surface area contributed by atoms with Gasteiger partial charge in [0.05, 0.1) is 32.3 Å². The summed E-state index contributed by atoms with van der Waals surface area (Å²) in [6, 6.07) is 0. The van der Waals surface area contributed by atoms with Gasteiger partial charge in [-0.2, -0.15) is 0 Å². The first-order valence-corrected chi connectivity index (χ1v) is 11.9. The van der Waals surface area contributed by atoms with Crippen LogP contribution < -0.4 is 0 Å². The van der Waals surface area contributed by atoms with Crippen molar-refractivity contribution in [2.45, 2.75) is 103 Å². The smallest absolute Gasteiger partial charge is 0.0971 e. The second-order valence-corrected chi connectivity index (χ2v) is 9.00. The number of nitrogens with zero attached hydrogens (tertiary/aromatic N) is 1. The van der Waals surface area contributed by atoms with E-state index in [1.54, 1.807) is 0 Å². The Bertz CT molecular complexity index is 373. The van der Waals surface area contributed by atoms with E-state index >= 15 is 0 Å². The quantitative estimate of drug-likeness (QED) is 0.171. The van der Waals surface area contributed by atoms with Crippen molar-refractivity contribution in [1.82, 2.24) is 0 Å². The lowest BCUT2D eigenvalue weighted by Crippen LogP contribution is -2.52. The fourth-order valence-corrected chi connectivity index (χ4v) is 4.77. The molecule has 0 aromatic carbocycles. The van der Waals surface area contributed by atoms with Crippen LogP contribution in [0.2, 0.25) is 0 Å². The van der Waals surface area contributed by atoms with Crippen LogP contribution in [0.1, 0.15) is 96.8 Å². The third-order valence-electron chi connectivity index (χ3n) is 6.62. The predicted octanol–water partition coefficient (Wildman–Crippen LogP) is 6.65. The number of unbranched alkanes of at least 4 members (excludes halogenated alkanes) is 4. The summed E-state index contributed by atoms with van der Waals surface area (Å²) in [6.45, 7) is 14.9. The standard InChI is InChI=1S/C25H48NO/c1-4-7-9-10-12-16-24(15-8-5-2)17-18-25(27)19-23-26(20-6-3)21-13-11-14-22-26/h5-6,24-25,27H,2-4,7-23H2,1H3/q+1. The predicted molar refractivity (Wildman–Crippen MR) is 120 cm³/mol. The molecule has 0 aliphatic carbocycles. The number of rotatable bonds is 17. The van der Waals surface area contributed by atoms with Crippen LogP contribution >= 0.6 is 0 Å². The lowest BCUT2D eigenvalue weighted by Gasteiger charge is -2.41. The Hall–Kier alpha value is -0.600. The van der Waals surface area contributed by atoms with Crippen molar-refractivity contribution in [3.05, 3.63) is 25.3 Å². The van der Waals surface area contributed by atoms with Gasteiger partial charge in [0.15, 0.2) is 0 Å². The van der Waals surface area contributed by atoms with E-state index in [0.29, 0.717) is 0 Å². The molecule has 2 heteroatoms. The molecule has 0 spiro atoms. The Labute approximate surface area is 170 Å². The molecule has 1 rings (SSSR count). The highest BCUT2D eigenvalue weighted by atomic mass is 16.3. The number of piperidine rings is 1. The van der Waals surface area contributed by atoms with E-state index in [4.69, 9.17) is 0 Å². The van der Waals surface area contributed by atoms with E-state index in [1.807, 2.05) is 0 Å². The van der Waals surface area contributed by atoms with Crippen molar-refractivity contribution in [3.63, 3.8) is 0 Å². The van der Waals surface area contributed by atoms with Gasteiger partial charge in [-0.1, -0.05) is 58.1 Å². The second-order valence-electron chi connectivity index (χ2n) is 9.00. The van der Waals surface area contributed by atoms with Crippen molar-refractivity contribution in [3.8, 4) is 0 Å². The molecule has 1 fully saturated rings. The van der Waals surface area contributed by atoms with Crippen LogP contribution in [0, 0.1) is 5.92 Å². The van der Waals surface area contributed by atoms with E-state index < -0.39 is 0 Å². The maximum atomic E-state index is 10.6. The summed E-state index contributed by atoms with van der Waals surface area (Å²) in [5, 5.41) is 10.6. The molecule has 1 N–H and O–H groups in total. The minimum atomic E-state index is -0.127. The maximum absolute atomic E-state index is 10.6. The molecule has 0 aromatic heterocycles. The molecule has 0 amide bonds. The fourth-order valence-electron chi connectivity index (χ4n) is 4.77. The highest BCUT2D eigenvalue weighted by Gasteiger charge is 2.29. The zero-order chi connectivity index (χ0) is 19.8. The second kappa shape index (κ2) is 15.3. The van der Waals surface area contributed by atoms with Crippen LogP contribution in [0.5, 0.6) is 0 Å². The lowest BCUT2D eigenvalue weighted by atomic mass is 9.90. The van der Waals surface area contributed by atoms with Gasteiger partial charge in [-0.15, -0.1) is 6.58 Å². The molecule has 0 bridgehead atoms. The van der Waals surface area contributed by atoms with Crippen LogP contribution in [-0.2, 0) is 0 Å². The normalized spacial score (nSPS) is 18.7. The first kappa shape index (κ1) is 24.4. The Kier molecular flexibility index (Phi) is 13.9. The van der Waals surface area contributed by atoms with Crippen molar-refractivity contribution < 1.29 is 9.59 Å². The summed E-state index contributed by atoms with van der Waals surface area (Å²) in [6.07, 6.45) is 21.7. The van der Waals surface area contributed by atoms with Gasteiger partial charge in [0.2, 0.25) is 0 Å². The molecular formula is C25H48NO+. The van der Waals surface area contributed by atoms with E-state index in [0.717, 1.165) is 42.8 Å². The molecule has 1 saturated heterocycles. The third-order valence-corrected chi connectivity index (χ3v) is 6.62. The van der Waals surface area contributed by atoms with Gasteiger partial charge < -0.3 is 9.59 Å². The highest BCUT2D eigenvalue weighted by molar-refractivity contribution is 4.72.